The van der Waals surface area contributed by atoms with Gasteiger partial charge in [-0.3, -0.25) is 9.59 Å². The minimum absolute atomic E-state index is 0.0517. The molecule has 1 aromatic rings. The topological polar surface area (TPSA) is 58.2 Å². The SMILES string of the molecule is CC1CCC(NC(=O)CNC(=O)c2ccc(Cl)cc2Cl)CC1. The molecule has 1 saturated carbocycles. The first-order valence-electron chi connectivity index (χ1n) is 7.48. The molecular formula is C16H20Cl2N2O2. The van der Waals surface area contributed by atoms with Crippen LogP contribution >= 0.6 is 23.2 Å². The number of carbonyl (C=O) groups excluding carboxylic acids is 2. The Morgan fingerprint density at radius 3 is 2.50 bits per heavy atom. The average molecular weight is 343 g/mol. The van der Waals surface area contributed by atoms with E-state index >= 15 is 0 Å². The van der Waals surface area contributed by atoms with Crippen LogP contribution in [0.4, 0.5) is 0 Å². The van der Waals surface area contributed by atoms with Crippen molar-refractivity contribution in [2.45, 2.75) is 38.6 Å². The van der Waals surface area contributed by atoms with Gasteiger partial charge in [0.15, 0.2) is 0 Å². The van der Waals surface area contributed by atoms with Crippen LogP contribution < -0.4 is 10.6 Å². The number of carbonyl (C=O) groups is 2. The Kier molecular flexibility index (Phi) is 6.09. The summed E-state index contributed by atoms with van der Waals surface area (Å²) >= 11 is 11.8. The predicted molar refractivity (Wildman–Crippen MR) is 88.4 cm³/mol. The first kappa shape index (κ1) is 17.1. The summed E-state index contributed by atoms with van der Waals surface area (Å²) in [4.78, 5) is 23.9. The normalized spacial score (nSPS) is 21.2. The van der Waals surface area contributed by atoms with E-state index < -0.39 is 0 Å². The van der Waals surface area contributed by atoms with Crippen molar-refractivity contribution in [3.05, 3.63) is 33.8 Å². The van der Waals surface area contributed by atoms with Crippen LogP contribution in [0.1, 0.15) is 43.0 Å². The molecule has 22 heavy (non-hydrogen) atoms. The third kappa shape index (κ3) is 4.89. The van der Waals surface area contributed by atoms with Gasteiger partial charge in [0.05, 0.1) is 17.1 Å². The lowest BCUT2D eigenvalue weighted by molar-refractivity contribution is -0.121. The first-order valence-corrected chi connectivity index (χ1v) is 8.24. The molecule has 1 aromatic carbocycles. The molecule has 0 aromatic heterocycles. The number of hydrogen-bond acceptors (Lipinski definition) is 2. The summed E-state index contributed by atoms with van der Waals surface area (Å²) in [5.41, 5.74) is 0.311. The second kappa shape index (κ2) is 7.84. The summed E-state index contributed by atoms with van der Waals surface area (Å²) in [5.74, 6) is 0.187. The van der Waals surface area contributed by atoms with E-state index in [-0.39, 0.29) is 29.4 Å². The Balaban J connectivity index is 1.79. The van der Waals surface area contributed by atoms with Crippen LogP contribution in [-0.4, -0.2) is 24.4 Å². The lowest BCUT2D eigenvalue weighted by Crippen LogP contribution is -2.43. The molecule has 2 amide bonds. The number of hydrogen-bond donors (Lipinski definition) is 2. The van der Waals surface area contributed by atoms with Crippen molar-refractivity contribution >= 4 is 35.0 Å². The summed E-state index contributed by atoms with van der Waals surface area (Å²) < 4.78 is 0. The van der Waals surface area contributed by atoms with Crippen LogP contribution in [0.5, 0.6) is 0 Å². The zero-order valence-corrected chi connectivity index (χ0v) is 14.0. The minimum atomic E-state index is -0.380. The molecule has 1 aliphatic carbocycles. The van der Waals surface area contributed by atoms with Gasteiger partial charge in [-0.25, -0.2) is 0 Å². The van der Waals surface area contributed by atoms with Gasteiger partial charge in [0.1, 0.15) is 0 Å². The quantitative estimate of drug-likeness (QED) is 0.880. The van der Waals surface area contributed by atoms with E-state index in [4.69, 9.17) is 23.2 Å². The zero-order valence-electron chi connectivity index (χ0n) is 12.5. The van der Waals surface area contributed by atoms with Crippen LogP contribution in [-0.2, 0) is 4.79 Å². The van der Waals surface area contributed by atoms with Gasteiger partial charge in [0.2, 0.25) is 5.91 Å². The monoisotopic (exact) mass is 342 g/mol. The molecule has 6 heteroatoms. The predicted octanol–water partition coefficient (Wildman–Crippen LogP) is 3.42. The van der Waals surface area contributed by atoms with Gasteiger partial charge in [-0.1, -0.05) is 30.1 Å². The van der Waals surface area contributed by atoms with Gasteiger partial charge in [0.25, 0.3) is 5.91 Å². The van der Waals surface area contributed by atoms with E-state index in [0.29, 0.717) is 10.6 Å². The fraction of sp³-hybridized carbons (Fsp3) is 0.500. The largest absolute Gasteiger partial charge is 0.352 e. The van der Waals surface area contributed by atoms with E-state index in [1.165, 1.54) is 6.07 Å². The molecule has 0 aliphatic heterocycles. The van der Waals surface area contributed by atoms with E-state index in [1.54, 1.807) is 12.1 Å². The third-order valence-corrected chi connectivity index (χ3v) is 4.51. The molecule has 1 aliphatic rings. The summed E-state index contributed by atoms with van der Waals surface area (Å²) in [6.45, 7) is 2.18. The molecule has 0 unspecified atom stereocenters. The molecule has 0 atom stereocenters. The standard InChI is InChI=1S/C16H20Cl2N2O2/c1-10-2-5-12(6-3-10)20-15(21)9-19-16(22)13-7-4-11(17)8-14(13)18/h4,7-8,10,12H,2-3,5-6,9H2,1H3,(H,19,22)(H,20,21). The van der Waals surface area contributed by atoms with Crippen molar-refractivity contribution < 1.29 is 9.59 Å². The highest BCUT2D eigenvalue weighted by molar-refractivity contribution is 6.36. The van der Waals surface area contributed by atoms with Crippen LogP contribution in [0, 0.1) is 5.92 Å². The fourth-order valence-electron chi connectivity index (χ4n) is 2.61. The van der Waals surface area contributed by atoms with E-state index in [2.05, 4.69) is 17.6 Å². The first-order chi connectivity index (χ1) is 10.5. The highest BCUT2D eigenvalue weighted by atomic mass is 35.5. The van der Waals surface area contributed by atoms with Gasteiger partial charge in [-0.05, 0) is 49.8 Å². The Morgan fingerprint density at radius 1 is 1.18 bits per heavy atom. The smallest absolute Gasteiger partial charge is 0.253 e. The van der Waals surface area contributed by atoms with Crippen molar-refractivity contribution in [2.75, 3.05) is 6.54 Å². The fourth-order valence-corrected chi connectivity index (χ4v) is 3.11. The zero-order chi connectivity index (χ0) is 16.1. The van der Waals surface area contributed by atoms with Crippen molar-refractivity contribution in [3.8, 4) is 0 Å². The molecule has 0 bridgehead atoms. The Bertz CT molecular complexity index is 555. The van der Waals surface area contributed by atoms with Crippen molar-refractivity contribution in [2.24, 2.45) is 5.92 Å². The molecule has 0 radical (unpaired) electrons. The molecule has 0 spiro atoms. The molecule has 0 saturated heterocycles. The van der Waals surface area contributed by atoms with Gasteiger partial charge in [-0.15, -0.1) is 0 Å². The molecule has 120 valence electrons. The number of benzene rings is 1. The molecule has 2 rings (SSSR count). The Hall–Kier alpha value is -1.26. The van der Waals surface area contributed by atoms with Crippen LogP contribution in [0.25, 0.3) is 0 Å². The molecule has 0 heterocycles. The molecular weight excluding hydrogens is 323 g/mol. The van der Waals surface area contributed by atoms with Crippen LogP contribution in [0.2, 0.25) is 10.0 Å². The third-order valence-electron chi connectivity index (χ3n) is 3.97. The van der Waals surface area contributed by atoms with E-state index in [0.717, 1.165) is 31.6 Å². The van der Waals surface area contributed by atoms with Gasteiger partial charge in [0, 0.05) is 11.1 Å². The second-order valence-electron chi connectivity index (χ2n) is 5.83. The number of rotatable bonds is 4. The minimum Gasteiger partial charge on any atom is -0.352 e. The van der Waals surface area contributed by atoms with Crippen molar-refractivity contribution in [1.82, 2.24) is 10.6 Å². The Labute approximate surface area is 140 Å². The van der Waals surface area contributed by atoms with E-state index in [1.807, 2.05) is 0 Å². The van der Waals surface area contributed by atoms with Crippen LogP contribution in [0.3, 0.4) is 0 Å². The summed E-state index contributed by atoms with van der Waals surface area (Å²) in [5, 5.41) is 6.27. The lowest BCUT2D eigenvalue weighted by Gasteiger charge is -2.26. The van der Waals surface area contributed by atoms with Gasteiger partial charge >= 0.3 is 0 Å². The number of halogens is 2. The highest BCUT2D eigenvalue weighted by Crippen LogP contribution is 2.23. The maximum Gasteiger partial charge on any atom is 0.253 e. The second-order valence-corrected chi connectivity index (χ2v) is 6.67. The van der Waals surface area contributed by atoms with Crippen molar-refractivity contribution in [1.29, 1.82) is 0 Å². The highest BCUT2D eigenvalue weighted by Gasteiger charge is 2.20. The Morgan fingerprint density at radius 2 is 1.86 bits per heavy atom. The average Bonchev–Trinajstić information content (AvgIpc) is 2.47. The van der Waals surface area contributed by atoms with Crippen LogP contribution in [0.15, 0.2) is 18.2 Å². The number of nitrogens with one attached hydrogen (secondary N) is 2. The summed E-state index contributed by atoms with van der Waals surface area (Å²) in [6, 6.07) is 4.85. The summed E-state index contributed by atoms with van der Waals surface area (Å²) in [7, 11) is 0. The lowest BCUT2D eigenvalue weighted by atomic mass is 9.87. The molecule has 1 fully saturated rings. The van der Waals surface area contributed by atoms with Crippen molar-refractivity contribution in [3.63, 3.8) is 0 Å². The number of amides is 2. The van der Waals surface area contributed by atoms with E-state index in [9.17, 15) is 9.59 Å². The molecule has 2 N–H and O–H groups in total. The maximum atomic E-state index is 12.0. The maximum absolute atomic E-state index is 12.0. The van der Waals surface area contributed by atoms with Gasteiger partial charge < -0.3 is 10.6 Å². The summed E-state index contributed by atoms with van der Waals surface area (Å²) in [6.07, 6.45) is 4.28. The molecule has 4 nitrogen and oxygen atoms in total. The van der Waals surface area contributed by atoms with Gasteiger partial charge in [-0.2, -0.15) is 0 Å².